The zero-order chi connectivity index (χ0) is 8.72. The maximum Gasteiger partial charge on any atom is 0.159 e. The van der Waals surface area contributed by atoms with E-state index >= 15 is 0 Å². The number of aromatic nitrogens is 2. The first-order chi connectivity index (χ1) is 5.74. The topological polar surface area (TPSA) is 43.8 Å². The molecule has 0 unspecified atom stereocenters. The normalized spacial score (nSPS) is 14.4. The molecular formula is C8H14Cl2IN3. The van der Waals surface area contributed by atoms with Gasteiger partial charge in [0.25, 0.3) is 0 Å². The first-order valence-electron chi connectivity index (χ1n) is 4.25. The molecule has 6 heteroatoms. The molecule has 82 valence electrons. The molecule has 0 bridgehead atoms. The van der Waals surface area contributed by atoms with Crippen LogP contribution in [-0.4, -0.2) is 9.78 Å². The molecule has 0 spiro atoms. The van der Waals surface area contributed by atoms with Crippen LogP contribution in [0.4, 0.5) is 5.82 Å². The highest BCUT2D eigenvalue weighted by Crippen LogP contribution is 2.43. The maximum absolute atomic E-state index is 5.74. The molecule has 14 heavy (non-hydrogen) atoms. The lowest BCUT2D eigenvalue weighted by Gasteiger charge is -2.01. The van der Waals surface area contributed by atoms with Crippen molar-refractivity contribution in [2.75, 3.05) is 5.73 Å². The summed E-state index contributed by atoms with van der Waals surface area (Å²) in [7, 11) is 0. The van der Waals surface area contributed by atoms with Gasteiger partial charge in [-0.1, -0.05) is 0 Å². The molecule has 1 heterocycles. The summed E-state index contributed by atoms with van der Waals surface area (Å²) in [6.07, 6.45) is 2.61. The third-order valence-corrected chi connectivity index (χ3v) is 3.33. The molecule has 0 aliphatic heterocycles. The van der Waals surface area contributed by atoms with Gasteiger partial charge >= 0.3 is 0 Å². The van der Waals surface area contributed by atoms with Crippen molar-refractivity contribution in [2.24, 2.45) is 0 Å². The summed E-state index contributed by atoms with van der Waals surface area (Å²) in [6.45, 7) is 3.04. The maximum atomic E-state index is 5.74. The van der Waals surface area contributed by atoms with Gasteiger partial charge in [0.15, 0.2) is 5.82 Å². The van der Waals surface area contributed by atoms with Crippen molar-refractivity contribution in [2.45, 2.75) is 32.2 Å². The number of hydrogen-bond donors (Lipinski definition) is 1. The Morgan fingerprint density at radius 3 is 2.50 bits per heavy atom. The Labute approximate surface area is 110 Å². The molecule has 3 nitrogen and oxygen atoms in total. The predicted octanol–water partition coefficient (Wildman–Crippen LogP) is 2.81. The molecule has 1 aliphatic rings. The Morgan fingerprint density at radius 2 is 2.07 bits per heavy atom. The van der Waals surface area contributed by atoms with Crippen LogP contribution in [0, 0.1) is 3.57 Å². The van der Waals surface area contributed by atoms with Gasteiger partial charge in [-0.05, 0) is 42.4 Å². The average Bonchev–Trinajstić information content (AvgIpc) is 2.82. The standard InChI is InChI=1S/C8H12IN3.2ClH/c1-2-12-7(5-3-4-5)6(9)8(10)11-12;;/h5H,2-4H2,1H3,(H2,10,11);2*1H. The molecule has 0 saturated heterocycles. The fraction of sp³-hybridized carbons (Fsp3) is 0.625. The summed E-state index contributed by atoms with van der Waals surface area (Å²) < 4.78 is 3.20. The van der Waals surface area contributed by atoms with E-state index in [1.165, 1.54) is 18.5 Å². The van der Waals surface area contributed by atoms with Crippen LogP contribution < -0.4 is 5.73 Å². The van der Waals surface area contributed by atoms with Gasteiger partial charge in [-0.3, -0.25) is 4.68 Å². The molecule has 2 N–H and O–H groups in total. The number of nitrogens with zero attached hydrogens (tertiary/aromatic N) is 2. The second-order valence-electron chi connectivity index (χ2n) is 3.17. The zero-order valence-electron chi connectivity index (χ0n) is 7.86. The fourth-order valence-electron chi connectivity index (χ4n) is 1.46. The van der Waals surface area contributed by atoms with Crippen LogP contribution in [-0.2, 0) is 6.54 Å². The van der Waals surface area contributed by atoms with Crippen LogP contribution in [0.2, 0.25) is 0 Å². The van der Waals surface area contributed by atoms with Crippen molar-refractivity contribution < 1.29 is 0 Å². The minimum Gasteiger partial charge on any atom is -0.381 e. The molecule has 0 aromatic carbocycles. The second-order valence-corrected chi connectivity index (χ2v) is 4.25. The Kier molecular flexibility index (Phi) is 5.54. The van der Waals surface area contributed by atoms with Crippen molar-refractivity contribution in [1.82, 2.24) is 9.78 Å². The van der Waals surface area contributed by atoms with Crippen LogP contribution in [0.15, 0.2) is 0 Å². The molecule has 1 saturated carbocycles. The van der Waals surface area contributed by atoms with Crippen LogP contribution in [0.1, 0.15) is 31.4 Å². The van der Waals surface area contributed by atoms with Gasteiger partial charge in [0.2, 0.25) is 0 Å². The predicted molar refractivity (Wildman–Crippen MR) is 71.5 cm³/mol. The first-order valence-corrected chi connectivity index (χ1v) is 5.33. The van der Waals surface area contributed by atoms with E-state index in [0.29, 0.717) is 5.82 Å². The Hall–Kier alpha value is 0.320. The molecule has 1 aromatic heterocycles. The highest BCUT2D eigenvalue weighted by atomic mass is 127. The van der Waals surface area contributed by atoms with Crippen molar-refractivity contribution in [1.29, 1.82) is 0 Å². The smallest absolute Gasteiger partial charge is 0.159 e. The lowest BCUT2D eigenvalue weighted by atomic mass is 10.3. The first kappa shape index (κ1) is 14.3. The highest BCUT2D eigenvalue weighted by Gasteiger charge is 2.30. The van der Waals surface area contributed by atoms with E-state index in [0.717, 1.165) is 16.0 Å². The van der Waals surface area contributed by atoms with E-state index < -0.39 is 0 Å². The summed E-state index contributed by atoms with van der Waals surface area (Å²) in [5.41, 5.74) is 7.10. The van der Waals surface area contributed by atoms with Crippen LogP contribution >= 0.6 is 47.4 Å². The molecular weight excluding hydrogens is 336 g/mol. The number of halogens is 3. The highest BCUT2D eigenvalue weighted by molar-refractivity contribution is 14.1. The number of aryl methyl sites for hydroxylation is 1. The van der Waals surface area contributed by atoms with Gasteiger partial charge < -0.3 is 5.73 Å². The van der Waals surface area contributed by atoms with E-state index in [9.17, 15) is 0 Å². The lowest BCUT2D eigenvalue weighted by molar-refractivity contribution is 0.624. The summed E-state index contributed by atoms with van der Waals surface area (Å²) in [5.74, 6) is 1.43. The number of rotatable bonds is 2. The summed E-state index contributed by atoms with van der Waals surface area (Å²) >= 11 is 2.30. The molecule has 1 aliphatic carbocycles. The Morgan fingerprint density at radius 1 is 1.50 bits per heavy atom. The van der Waals surface area contributed by atoms with E-state index in [-0.39, 0.29) is 24.8 Å². The summed E-state index contributed by atoms with van der Waals surface area (Å²) in [6, 6.07) is 0. The third kappa shape index (κ3) is 2.46. The quantitative estimate of drug-likeness (QED) is 0.834. The van der Waals surface area contributed by atoms with Gasteiger partial charge in [0, 0.05) is 12.5 Å². The number of hydrogen-bond acceptors (Lipinski definition) is 2. The SMILES string of the molecule is CCn1nc(N)c(I)c1C1CC1.Cl.Cl. The molecule has 0 radical (unpaired) electrons. The van der Waals surface area contributed by atoms with E-state index in [1.807, 2.05) is 4.68 Å². The fourth-order valence-corrected chi connectivity index (χ4v) is 2.29. The minimum absolute atomic E-state index is 0. The van der Waals surface area contributed by atoms with Gasteiger partial charge in [-0.2, -0.15) is 5.10 Å². The van der Waals surface area contributed by atoms with Crippen LogP contribution in [0.5, 0.6) is 0 Å². The van der Waals surface area contributed by atoms with Crippen LogP contribution in [0.3, 0.4) is 0 Å². The van der Waals surface area contributed by atoms with Crippen molar-refractivity contribution in [3.05, 3.63) is 9.26 Å². The van der Waals surface area contributed by atoms with E-state index in [4.69, 9.17) is 5.73 Å². The van der Waals surface area contributed by atoms with Gasteiger partial charge in [0.1, 0.15) is 0 Å². The monoisotopic (exact) mass is 349 g/mol. The van der Waals surface area contributed by atoms with E-state index in [1.54, 1.807) is 0 Å². The summed E-state index contributed by atoms with van der Waals surface area (Å²) in [5, 5.41) is 4.28. The molecule has 2 rings (SSSR count). The van der Waals surface area contributed by atoms with Gasteiger partial charge in [0.05, 0.1) is 9.26 Å². The van der Waals surface area contributed by atoms with E-state index in [2.05, 4.69) is 34.6 Å². The van der Waals surface area contributed by atoms with Crippen LogP contribution in [0.25, 0.3) is 0 Å². The molecule has 0 amide bonds. The zero-order valence-corrected chi connectivity index (χ0v) is 11.7. The minimum atomic E-state index is 0. The van der Waals surface area contributed by atoms with Crippen molar-refractivity contribution in [3.63, 3.8) is 0 Å². The molecule has 1 aromatic rings. The van der Waals surface area contributed by atoms with Gasteiger partial charge in [-0.15, -0.1) is 24.8 Å². The number of anilines is 1. The molecule has 1 fully saturated rings. The number of nitrogens with two attached hydrogens (primary N) is 1. The molecule has 0 atom stereocenters. The van der Waals surface area contributed by atoms with Crippen molar-refractivity contribution in [3.8, 4) is 0 Å². The number of nitrogen functional groups attached to an aromatic ring is 1. The van der Waals surface area contributed by atoms with Gasteiger partial charge in [-0.25, -0.2) is 0 Å². The Balaban J connectivity index is 0.000000845. The Bertz CT molecular complexity index is 310. The second kappa shape index (κ2) is 5.42. The largest absolute Gasteiger partial charge is 0.381 e. The average molecular weight is 350 g/mol. The lowest BCUT2D eigenvalue weighted by Crippen LogP contribution is -2.01. The summed E-state index contributed by atoms with van der Waals surface area (Å²) in [4.78, 5) is 0. The third-order valence-electron chi connectivity index (χ3n) is 2.22. The van der Waals surface area contributed by atoms with Crippen molar-refractivity contribution >= 4 is 53.2 Å².